The predicted molar refractivity (Wildman–Crippen MR) is 101 cm³/mol. The molecule has 0 unspecified atom stereocenters. The number of ether oxygens (including phenoxy) is 1. The Morgan fingerprint density at radius 2 is 1.83 bits per heavy atom. The van der Waals surface area contributed by atoms with Crippen LogP contribution in [0.3, 0.4) is 0 Å². The van der Waals surface area contributed by atoms with E-state index in [4.69, 9.17) is 11.6 Å². The van der Waals surface area contributed by atoms with E-state index in [2.05, 4.69) is 9.46 Å². The first-order valence-electron chi connectivity index (χ1n) is 8.30. The van der Waals surface area contributed by atoms with E-state index in [9.17, 15) is 26.4 Å². The molecule has 0 spiro atoms. The van der Waals surface area contributed by atoms with Crippen LogP contribution in [-0.2, 0) is 21.4 Å². The Morgan fingerprint density at radius 1 is 1.17 bits per heavy atom. The number of nitrogens with one attached hydrogen (secondary N) is 1. The van der Waals surface area contributed by atoms with Crippen LogP contribution in [0, 0.1) is 0 Å². The lowest BCUT2D eigenvalue weighted by Crippen LogP contribution is -2.32. The SMILES string of the molecule is CN(Cc1cccc(Cl)c1)C(=O)CCNS(=O)(=O)c1ccc(OC(F)(F)F)cc1. The Kier molecular flexibility index (Phi) is 7.50. The highest BCUT2D eigenvalue weighted by atomic mass is 35.5. The molecule has 0 saturated carbocycles. The molecule has 2 aromatic rings. The summed E-state index contributed by atoms with van der Waals surface area (Å²) in [5, 5.41) is 0.544. The van der Waals surface area contributed by atoms with Crippen LogP contribution in [0.5, 0.6) is 5.75 Å². The number of hydrogen-bond acceptors (Lipinski definition) is 4. The summed E-state index contributed by atoms with van der Waals surface area (Å²) in [6.45, 7) is 0.147. The third kappa shape index (κ3) is 7.56. The highest BCUT2D eigenvalue weighted by Crippen LogP contribution is 2.23. The van der Waals surface area contributed by atoms with Gasteiger partial charge in [0.05, 0.1) is 4.90 Å². The molecular formula is C18H18ClF3N2O4S. The molecule has 0 aliphatic carbocycles. The minimum Gasteiger partial charge on any atom is -0.406 e. The summed E-state index contributed by atoms with van der Waals surface area (Å²) >= 11 is 5.90. The molecule has 0 saturated heterocycles. The molecule has 29 heavy (non-hydrogen) atoms. The van der Waals surface area contributed by atoms with E-state index in [1.165, 1.54) is 4.90 Å². The molecule has 0 bridgehead atoms. The van der Waals surface area contributed by atoms with Crippen molar-refractivity contribution >= 4 is 27.5 Å². The molecule has 2 rings (SSSR count). The van der Waals surface area contributed by atoms with Crippen LogP contribution in [-0.4, -0.2) is 39.2 Å². The third-order valence-corrected chi connectivity index (χ3v) is 5.45. The van der Waals surface area contributed by atoms with E-state index in [-0.39, 0.29) is 23.8 Å². The lowest BCUT2D eigenvalue weighted by Gasteiger charge is -2.17. The Hall–Kier alpha value is -2.30. The van der Waals surface area contributed by atoms with Crippen LogP contribution >= 0.6 is 11.6 Å². The van der Waals surface area contributed by atoms with Crippen LogP contribution in [0.2, 0.25) is 5.02 Å². The van der Waals surface area contributed by atoms with Crippen molar-refractivity contribution in [3.05, 3.63) is 59.1 Å². The van der Waals surface area contributed by atoms with Crippen molar-refractivity contribution in [1.82, 2.24) is 9.62 Å². The summed E-state index contributed by atoms with van der Waals surface area (Å²) < 4.78 is 66.8. The van der Waals surface area contributed by atoms with Crippen molar-refractivity contribution in [1.29, 1.82) is 0 Å². The second kappa shape index (κ2) is 9.47. The smallest absolute Gasteiger partial charge is 0.406 e. The molecule has 0 radical (unpaired) electrons. The number of carbonyl (C=O) groups excluding carboxylic acids is 1. The van der Waals surface area contributed by atoms with Gasteiger partial charge in [-0.1, -0.05) is 23.7 Å². The van der Waals surface area contributed by atoms with E-state index < -0.39 is 22.1 Å². The first-order chi connectivity index (χ1) is 13.5. The largest absolute Gasteiger partial charge is 0.573 e. The summed E-state index contributed by atoms with van der Waals surface area (Å²) in [5.74, 6) is -0.823. The van der Waals surface area contributed by atoms with E-state index >= 15 is 0 Å². The monoisotopic (exact) mass is 450 g/mol. The van der Waals surface area contributed by atoms with Gasteiger partial charge in [-0.05, 0) is 42.0 Å². The maximum absolute atomic E-state index is 12.2. The van der Waals surface area contributed by atoms with Crippen molar-refractivity contribution in [2.75, 3.05) is 13.6 Å². The summed E-state index contributed by atoms with van der Waals surface area (Å²) in [7, 11) is -2.40. The molecule has 158 valence electrons. The third-order valence-electron chi connectivity index (χ3n) is 3.73. The number of hydrogen-bond donors (Lipinski definition) is 1. The van der Waals surface area contributed by atoms with Gasteiger partial charge in [0.2, 0.25) is 15.9 Å². The molecule has 11 heteroatoms. The Balaban J connectivity index is 1.87. The first-order valence-corrected chi connectivity index (χ1v) is 10.2. The van der Waals surface area contributed by atoms with Gasteiger partial charge in [0.1, 0.15) is 5.75 Å². The molecule has 0 heterocycles. The molecule has 0 aromatic heterocycles. The predicted octanol–water partition coefficient (Wildman–Crippen LogP) is 3.57. The second-order valence-corrected chi connectivity index (χ2v) is 8.25. The van der Waals surface area contributed by atoms with Crippen LogP contribution in [0.15, 0.2) is 53.4 Å². The molecule has 2 aromatic carbocycles. The normalized spacial score (nSPS) is 11.9. The van der Waals surface area contributed by atoms with Crippen molar-refractivity contribution in [3.63, 3.8) is 0 Å². The average molecular weight is 451 g/mol. The minimum atomic E-state index is -4.86. The van der Waals surface area contributed by atoms with Gasteiger partial charge in [-0.2, -0.15) is 0 Å². The molecule has 1 amide bonds. The van der Waals surface area contributed by atoms with Crippen molar-refractivity contribution in [2.45, 2.75) is 24.2 Å². The van der Waals surface area contributed by atoms with E-state index in [0.717, 1.165) is 29.8 Å². The number of benzene rings is 2. The zero-order chi connectivity index (χ0) is 21.7. The van der Waals surface area contributed by atoms with Gasteiger partial charge in [0, 0.05) is 31.6 Å². The molecule has 0 fully saturated rings. The van der Waals surface area contributed by atoms with Gasteiger partial charge >= 0.3 is 6.36 Å². The number of nitrogens with zero attached hydrogens (tertiary/aromatic N) is 1. The van der Waals surface area contributed by atoms with Gasteiger partial charge in [-0.25, -0.2) is 13.1 Å². The Labute approximate surface area is 171 Å². The van der Waals surface area contributed by atoms with Crippen LogP contribution < -0.4 is 9.46 Å². The van der Waals surface area contributed by atoms with Crippen LogP contribution in [0.25, 0.3) is 0 Å². The van der Waals surface area contributed by atoms with Crippen LogP contribution in [0.4, 0.5) is 13.2 Å². The van der Waals surface area contributed by atoms with Crippen molar-refractivity contribution < 1.29 is 31.1 Å². The van der Waals surface area contributed by atoms with E-state index in [1.807, 2.05) is 6.07 Å². The number of sulfonamides is 1. The standard InChI is InChI=1S/C18H18ClF3N2O4S/c1-24(12-13-3-2-4-14(19)11-13)17(25)9-10-23-29(26,27)16-7-5-15(6-8-16)28-18(20,21)22/h2-8,11,23H,9-10,12H2,1H3. The van der Waals surface area contributed by atoms with Crippen molar-refractivity contribution in [3.8, 4) is 5.75 Å². The lowest BCUT2D eigenvalue weighted by molar-refractivity contribution is -0.274. The van der Waals surface area contributed by atoms with Crippen molar-refractivity contribution in [2.24, 2.45) is 0 Å². The molecule has 0 aliphatic heterocycles. The topological polar surface area (TPSA) is 75.7 Å². The summed E-state index contributed by atoms with van der Waals surface area (Å²) in [6.07, 6.45) is -4.96. The molecule has 1 N–H and O–H groups in total. The van der Waals surface area contributed by atoms with Gasteiger partial charge in [0.25, 0.3) is 0 Å². The molecule has 0 aliphatic rings. The van der Waals surface area contributed by atoms with Crippen LogP contribution in [0.1, 0.15) is 12.0 Å². The van der Waals surface area contributed by atoms with E-state index in [0.29, 0.717) is 11.6 Å². The fraction of sp³-hybridized carbons (Fsp3) is 0.278. The number of halogens is 4. The summed E-state index contributed by atoms with van der Waals surface area (Å²) in [5.41, 5.74) is 0.829. The minimum absolute atomic E-state index is 0.0917. The quantitative estimate of drug-likeness (QED) is 0.667. The van der Waals surface area contributed by atoms with E-state index in [1.54, 1.807) is 25.2 Å². The number of amides is 1. The number of rotatable bonds is 8. The first kappa shape index (κ1) is 23.0. The van der Waals surface area contributed by atoms with Gasteiger partial charge in [0.15, 0.2) is 0 Å². The average Bonchev–Trinajstić information content (AvgIpc) is 2.60. The van der Waals surface area contributed by atoms with Gasteiger partial charge in [-0.15, -0.1) is 13.2 Å². The fourth-order valence-corrected chi connectivity index (χ4v) is 3.63. The fourth-order valence-electron chi connectivity index (χ4n) is 2.38. The Morgan fingerprint density at radius 3 is 2.41 bits per heavy atom. The number of alkyl halides is 3. The Bertz CT molecular complexity index is 950. The second-order valence-electron chi connectivity index (χ2n) is 6.05. The highest BCUT2D eigenvalue weighted by molar-refractivity contribution is 7.89. The maximum atomic E-state index is 12.2. The lowest BCUT2D eigenvalue weighted by atomic mass is 10.2. The zero-order valence-electron chi connectivity index (χ0n) is 15.2. The highest BCUT2D eigenvalue weighted by Gasteiger charge is 2.31. The summed E-state index contributed by atoms with van der Waals surface area (Å²) in [6, 6.07) is 10.8. The maximum Gasteiger partial charge on any atom is 0.573 e. The molecular weight excluding hydrogens is 433 g/mol. The van der Waals surface area contributed by atoms with Gasteiger partial charge < -0.3 is 9.64 Å². The molecule has 6 nitrogen and oxygen atoms in total. The number of carbonyl (C=O) groups is 1. The zero-order valence-corrected chi connectivity index (χ0v) is 16.8. The van der Waals surface area contributed by atoms with Gasteiger partial charge in [-0.3, -0.25) is 4.79 Å². The molecule has 0 atom stereocenters. The summed E-state index contributed by atoms with van der Waals surface area (Å²) in [4.78, 5) is 13.4.